The maximum Gasteiger partial charge on any atom is 0.0521 e. The predicted octanol–water partition coefficient (Wildman–Crippen LogP) is 1.87. The first-order chi connectivity index (χ1) is 7.24. The third kappa shape index (κ3) is 3.06. The van der Waals surface area contributed by atoms with Crippen LogP contribution in [-0.2, 0) is 13.5 Å². The van der Waals surface area contributed by atoms with Crippen LogP contribution < -0.4 is 5.73 Å². The van der Waals surface area contributed by atoms with Crippen LogP contribution in [0.4, 0.5) is 0 Å². The fourth-order valence-electron chi connectivity index (χ4n) is 2.23. The summed E-state index contributed by atoms with van der Waals surface area (Å²) in [6, 6.07) is 0.385. The zero-order chi connectivity index (χ0) is 10.7. The van der Waals surface area contributed by atoms with Crippen molar-refractivity contribution >= 4 is 0 Å². The van der Waals surface area contributed by atoms with Gasteiger partial charge in [-0.05, 0) is 30.7 Å². The Kier molecular flexibility index (Phi) is 3.41. The molecule has 1 fully saturated rings. The normalized spacial score (nSPS) is 18.8. The van der Waals surface area contributed by atoms with E-state index < -0.39 is 0 Å². The van der Waals surface area contributed by atoms with E-state index in [0.29, 0.717) is 6.04 Å². The Balaban J connectivity index is 1.68. The maximum atomic E-state index is 6.11. The van der Waals surface area contributed by atoms with E-state index in [0.717, 1.165) is 18.8 Å². The molecule has 0 amide bonds. The third-order valence-corrected chi connectivity index (χ3v) is 3.42. The van der Waals surface area contributed by atoms with Crippen molar-refractivity contribution < 1.29 is 0 Å². The van der Waals surface area contributed by atoms with Gasteiger partial charge in [-0.25, -0.2) is 0 Å². The molecule has 2 rings (SSSR count). The Morgan fingerprint density at radius 2 is 2.40 bits per heavy atom. The molecule has 1 aromatic heterocycles. The molecule has 84 valence electrons. The molecule has 0 radical (unpaired) electrons. The van der Waals surface area contributed by atoms with Crippen LogP contribution >= 0.6 is 0 Å². The van der Waals surface area contributed by atoms with Gasteiger partial charge in [0.05, 0.1) is 6.20 Å². The molecule has 0 bridgehead atoms. The number of hydrogen-bond acceptors (Lipinski definition) is 2. The van der Waals surface area contributed by atoms with Crippen LogP contribution in [0.2, 0.25) is 0 Å². The molecule has 0 aliphatic heterocycles. The van der Waals surface area contributed by atoms with E-state index in [1.54, 1.807) is 0 Å². The van der Waals surface area contributed by atoms with Crippen molar-refractivity contribution in [3.63, 3.8) is 0 Å². The second-order valence-corrected chi connectivity index (χ2v) is 4.85. The van der Waals surface area contributed by atoms with Crippen molar-refractivity contribution in [2.24, 2.45) is 18.7 Å². The van der Waals surface area contributed by atoms with Gasteiger partial charge in [0.2, 0.25) is 0 Å². The van der Waals surface area contributed by atoms with Gasteiger partial charge in [0.1, 0.15) is 0 Å². The second kappa shape index (κ2) is 4.79. The molecule has 0 spiro atoms. The summed E-state index contributed by atoms with van der Waals surface area (Å²) in [7, 11) is 1.96. The summed E-state index contributed by atoms with van der Waals surface area (Å²) in [4.78, 5) is 0. The van der Waals surface area contributed by atoms with Gasteiger partial charge in [0.25, 0.3) is 0 Å². The molecule has 1 aliphatic rings. The monoisotopic (exact) mass is 207 g/mol. The van der Waals surface area contributed by atoms with Gasteiger partial charge < -0.3 is 5.73 Å². The smallest absolute Gasteiger partial charge is 0.0521 e. The molecule has 1 aliphatic carbocycles. The van der Waals surface area contributed by atoms with Crippen LogP contribution in [0, 0.1) is 5.92 Å². The molecule has 1 heterocycles. The first-order valence-corrected chi connectivity index (χ1v) is 5.97. The first-order valence-electron chi connectivity index (χ1n) is 5.97. The van der Waals surface area contributed by atoms with Gasteiger partial charge in [0, 0.05) is 19.3 Å². The number of hydrogen-bond donors (Lipinski definition) is 1. The van der Waals surface area contributed by atoms with E-state index >= 15 is 0 Å². The van der Waals surface area contributed by atoms with Crippen molar-refractivity contribution in [3.05, 3.63) is 18.0 Å². The molecular weight excluding hydrogens is 186 g/mol. The van der Waals surface area contributed by atoms with Gasteiger partial charge in [-0.2, -0.15) is 5.10 Å². The number of aryl methyl sites for hydroxylation is 2. The SMILES string of the molecule is Cn1cc(CCC(N)CC2CCC2)cn1. The van der Waals surface area contributed by atoms with Crippen LogP contribution in [0.15, 0.2) is 12.4 Å². The van der Waals surface area contributed by atoms with Crippen LogP contribution in [0.3, 0.4) is 0 Å². The molecule has 15 heavy (non-hydrogen) atoms. The zero-order valence-electron chi connectivity index (χ0n) is 9.52. The average Bonchev–Trinajstić information content (AvgIpc) is 2.55. The minimum absolute atomic E-state index is 0.385. The summed E-state index contributed by atoms with van der Waals surface area (Å²) in [5, 5.41) is 4.16. The van der Waals surface area contributed by atoms with Crippen LogP contribution in [0.1, 0.15) is 37.7 Å². The molecule has 0 saturated heterocycles. The standard InChI is InChI=1S/C12H21N3/c1-15-9-11(8-14-15)5-6-12(13)7-10-3-2-4-10/h8-10,12H,2-7,13H2,1H3. The third-order valence-electron chi connectivity index (χ3n) is 3.42. The Bertz CT molecular complexity index is 302. The molecule has 3 nitrogen and oxygen atoms in total. The van der Waals surface area contributed by atoms with Crippen LogP contribution in [0.5, 0.6) is 0 Å². The van der Waals surface area contributed by atoms with Crippen molar-refractivity contribution in [1.29, 1.82) is 0 Å². The van der Waals surface area contributed by atoms with Crippen LogP contribution in [0.25, 0.3) is 0 Å². The Morgan fingerprint density at radius 3 is 2.93 bits per heavy atom. The van der Waals surface area contributed by atoms with Gasteiger partial charge in [-0.1, -0.05) is 19.3 Å². The topological polar surface area (TPSA) is 43.8 Å². The molecular formula is C12H21N3. The number of aromatic nitrogens is 2. The van der Waals surface area contributed by atoms with E-state index in [1.165, 1.54) is 31.2 Å². The zero-order valence-corrected chi connectivity index (χ0v) is 9.52. The summed E-state index contributed by atoms with van der Waals surface area (Å²) >= 11 is 0. The lowest BCUT2D eigenvalue weighted by atomic mass is 9.80. The molecule has 3 heteroatoms. The van der Waals surface area contributed by atoms with Crippen molar-refractivity contribution in [2.75, 3.05) is 0 Å². The molecule has 2 N–H and O–H groups in total. The molecule has 1 atom stereocenters. The molecule has 1 saturated carbocycles. The van der Waals surface area contributed by atoms with E-state index in [4.69, 9.17) is 5.73 Å². The largest absolute Gasteiger partial charge is 0.328 e. The minimum atomic E-state index is 0.385. The molecule has 0 aromatic carbocycles. The summed E-state index contributed by atoms with van der Waals surface area (Å²) in [5.74, 6) is 0.925. The average molecular weight is 207 g/mol. The first kappa shape index (κ1) is 10.7. The highest BCUT2D eigenvalue weighted by Crippen LogP contribution is 2.30. The Morgan fingerprint density at radius 1 is 1.60 bits per heavy atom. The Labute approximate surface area is 91.7 Å². The van der Waals surface area contributed by atoms with E-state index in [1.807, 2.05) is 17.9 Å². The fraction of sp³-hybridized carbons (Fsp3) is 0.750. The lowest BCUT2D eigenvalue weighted by Gasteiger charge is -2.27. The summed E-state index contributed by atoms with van der Waals surface area (Å²) in [6.07, 6.45) is 11.6. The highest BCUT2D eigenvalue weighted by Gasteiger charge is 2.19. The van der Waals surface area contributed by atoms with Gasteiger partial charge in [0.15, 0.2) is 0 Å². The van der Waals surface area contributed by atoms with Gasteiger partial charge in [-0.15, -0.1) is 0 Å². The van der Waals surface area contributed by atoms with E-state index in [9.17, 15) is 0 Å². The highest BCUT2D eigenvalue weighted by atomic mass is 15.2. The summed E-state index contributed by atoms with van der Waals surface area (Å²) < 4.78 is 1.85. The molecule has 1 unspecified atom stereocenters. The Hall–Kier alpha value is -0.830. The summed E-state index contributed by atoms with van der Waals surface area (Å²) in [5.41, 5.74) is 7.42. The van der Waals surface area contributed by atoms with Crippen molar-refractivity contribution in [2.45, 2.75) is 44.6 Å². The quantitative estimate of drug-likeness (QED) is 0.801. The van der Waals surface area contributed by atoms with Gasteiger partial charge >= 0.3 is 0 Å². The summed E-state index contributed by atoms with van der Waals surface area (Å²) in [6.45, 7) is 0. The van der Waals surface area contributed by atoms with Crippen molar-refractivity contribution in [3.8, 4) is 0 Å². The fourth-order valence-corrected chi connectivity index (χ4v) is 2.23. The van der Waals surface area contributed by atoms with E-state index in [2.05, 4.69) is 11.3 Å². The predicted molar refractivity (Wildman–Crippen MR) is 61.5 cm³/mol. The maximum absolute atomic E-state index is 6.11. The minimum Gasteiger partial charge on any atom is -0.328 e. The second-order valence-electron chi connectivity index (χ2n) is 4.85. The highest BCUT2D eigenvalue weighted by molar-refractivity contribution is 5.03. The van der Waals surface area contributed by atoms with Crippen LogP contribution in [-0.4, -0.2) is 15.8 Å². The number of nitrogens with two attached hydrogens (primary N) is 1. The lowest BCUT2D eigenvalue weighted by molar-refractivity contribution is 0.272. The van der Waals surface area contributed by atoms with Gasteiger partial charge in [-0.3, -0.25) is 4.68 Å². The number of nitrogens with zero attached hydrogens (tertiary/aromatic N) is 2. The molecule has 1 aromatic rings. The van der Waals surface area contributed by atoms with E-state index in [-0.39, 0.29) is 0 Å². The number of rotatable bonds is 5. The van der Waals surface area contributed by atoms with Crippen molar-refractivity contribution in [1.82, 2.24) is 9.78 Å². The lowest BCUT2D eigenvalue weighted by Crippen LogP contribution is -2.27.